The van der Waals surface area contributed by atoms with Crippen LogP contribution in [0.25, 0.3) is 11.0 Å². The summed E-state index contributed by atoms with van der Waals surface area (Å²) in [6, 6.07) is 10.1. The van der Waals surface area contributed by atoms with Gasteiger partial charge in [-0.2, -0.15) is 5.26 Å². The van der Waals surface area contributed by atoms with Gasteiger partial charge in [0.2, 0.25) is 5.91 Å². The highest BCUT2D eigenvalue weighted by atomic mass is 32.2. The zero-order chi connectivity index (χ0) is 17.6. The molecule has 1 aromatic heterocycles. The van der Waals surface area contributed by atoms with Gasteiger partial charge in [-0.1, -0.05) is 36.7 Å². The van der Waals surface area contributed by atoms with Gasteiger partial charge in [-0.05, 0) is 31.9 Å². The summed E-state index contributed by atoms with van der Waals surface area (Å²) >= 11 is 1.51. The van der Waals surface area contributed by atoms with Crippen molar-refractivity contribution in [3.8, 4) is 6.07 Å². The van der Waals surface area contributed by atoms with Crippen molar-refractivity contribution < 1.29 is 4.79 Å². The normalized spacial score (nSPS) is 16.4. The van der Waals surface area contributed by atoms with Crippen molar-refractivity contribution in [3.05, 3.63) is 24.3 Å². The molecule has 25 heavy (non-hydrogen) atoms. The van der Waals surface area contributed by atoms with Crippen molar-refractivity contribution >= 4 is 28.7 Å². The maximum Gasteiger partial charge on any atom is 0.235 e. The quantitative estimate of drug-likeness (QED) is 0.764. The Bertz CT molecular complexity index is 771. The van der Waals surface area contributed by atoms with Crippen LogP contribution < -0.4 is 0 Å². The van der Waals surface area contributed by atoms with Gasteiger partial charge in [0, 0.05) is 19.6 Å². The van der Waals surface area contributed by atoms with E-state index in [9.17, 15) is 4.79 Å². The number of fused-ring (bicyclic) bond motifs is 1. The van der Waals surface area contributed by atoms with Crippen molar-refractivity contribution in [2.45, 2.75) is 56.0 Å². The molecule has 3 rings (SSSR count). The molecule has 1 aromatic carbocycles. The van der Waals surface area contributed by atoms with Crippen LogP contribution in [0.5, 0.6) is 0 Å². The van der Waals surface area contributed by atoms with Gasteiger partial charge >= 0.3 is 0 Å². The highest BCUT2D eigenvalue weighted by Crippen LogP contribution is 2.28. The van der Waals surface area contributed by atoms with Gasteiger partial charge in [0.25, 0.3) is 0 Å². The number of nitriles is 1. The molecule has 0 aliphatic carbocycles. The molecule has 0 spiro atoms. The summed E-state index contributed by atoms with van der Waals surface area (Å²) in [6.45, 7) is 4.30. The number of hydrogen-bond donors (Lipinski definition) is 0. The molecular formula is C19H24N4OS. The Morgan fingerprint density at radius 2 is 2.00 bits per heavy atom. The first-order valence-electron chi connectivity index (χ1n) is 8.98. The van der Waals surface area contributed by atoms with Gasteiger partial charge in [-0.3, -0.25) is 4.79 Å². The van der Waals surface area contributed by atoms with Crippen molar-refractivity contribution in [3.63, 3.8) is 0 Å². The topological polar surface area (TPSA) is 61.9 Å². The molecule has 0 unspecified atom stereocenters. The average molecular weight is 356 g/mol. The fourth-order valence-corrected chi connectivity index (χ4v) is 4.31. The molecule has 1 fully saturated rings. The number of hydrogen-bond acceptors (Lipinski definition) is 4. The molecule has 0 bridgehead atoms. The Kier molecular flexibility index (Phi) is 5.98. The minimum Gasteiger partial charge on any atom is -0.342 e. The standard InChI is InChI=1S/C19H24N4OS/c1-15(18(24)22-12-6-2-3-7-13-22)25-19-21-16-9-4-5-10-17(16)23(19)14-8-11-20/h4-5,9-10,15H,2-3,6-8,12-14H2,1H3/t15-/m0/s1. The number of thioether (sulfide) groups is 1. The van der Waals surface area contributed by atoms with E-state index in [0.717, 1.165) is 42.1 Å². The Hall–Kier alpha value is -2.00. The Morgan fingerprint density at radius 3 is 2.72 bits per heavy atom. The lowest BCUT2D eigenvalue weighted by Gasteiger charge is -2.23. The first-order valence-corrected chi connectivity index (χ1v) is 9.86. The van der Waals surface area contributed by atoms with Gasteiger partial charge in [-0.15, -0.1) is 0 Å². The van der Waals surface area contributed by atoms with E-state index < -0.39 is 0 Å². The monoisotopic (exact) mass is 356 g/mol. The molecule has 6 heteroatoms. The highest BCUT2D eigenvalue weighted by Gasteiger charge is 2.24. The second-order valence-electron chi connectivity index (χ2n) is 6.44. The van der Waals surface area contributed by atoms with Crippen LogP contribution in [-0.2, 0) is 11.3 Å². The van der Waals surface area contributed by atoms with E-state index in [0.29, 0.717) is 13.0 Å². The second-order valence-corrected chi connectivity index (χ2v) is 7.75. The van der Waals surface area contributed by atoms with E-state index in [1.54, 1.807) is 0 Å². The summed E-state index contributed by atoms with van der Waals surface area (Å²) in [5, 5.41) is 9.60. The molecule has 2 heterocycles. The summed E-state index contributed by atoms with van der Waals surface area (Å²) in [6.07, 6.45) is 5.07. The van der Waals surface area contributed by atoms with E-state index in [2.05, 4.69) is 10.6 Å². The molecule has 2 aromatic rings. The number of nitrogens with zero attached hydrogens (tertiary/aromatic N) is 4. The first-order chi connectivity index (χ1) is 12.2. The number of rotatable bonds is 5. The van der Waals surface area contributed by atoms with E-state index in [1.165, 1.54) is 24.6 Å². The number of carbonyl (C=O) groups excluding carboxylic acids is 1. The first kappa shape index (κ1) is 17.8. The number of imidazole rings is 1. The lowest BCUT2D eigenvalue weighted by Crippen LogP contribution is -2.37. The van der Waals surface area contributed by atoms with E-state index in [1.807, 2.05) is 36.1 Å². The largest absolute Gasteiger partial charge is 0.342 e. The van der Waals surface area contributed by atoms with Crippen LogP contribution in [0, 0.1) is 11.3 Å². The summed E-state index contributed by atoms with van der Waals surface area (Å²) in [5.74, 6) is 0.200. The van der Waals surface area contributed by atoms with Crippen LogP contribution in [0.2, 0.25) is 0 Å². The average Bonchev–Trinajstić information content (AvgIpc) is 2.79. The van der Waals surface area contributed by atoms with Gasteiger partial charge in [0.15, 0.2) is 5.16 Å². The highest BCUT2D eigenvalue weighted by molar-refractivity contribution is 8.00. The number of amides is 1. The van der Waals surface area contributed by atoms with E-state index in [-0.39, 0.29) is 11.2 Å². The van der Waals surface area contributed by atoms with Gasteiger partial charge in [0.1, 0.15) is 0 Å². The van der Waals surface area contributed by atoms with Crippen molar-refractivity contribution in [2.24, 2.45) is 0 Å². The maximum absolute atomic E-state index is 12.8. The zero-order valence-electron chi connectivity index (χ0n) is 14.6. The van der Waals surface area contributed by atoms with Crippen LogP contribution in [0.1, 0.15) is 39.0 Å². The predicted octanol–water partition coefficient (Wildman–Crippen LogP) is 3.83. The van der Waals surface area contributed by atoms with Crippen LogP contribution in [-0.4, -0.2) is 38.7 Å². The van der Waals surface area contributed by atoms with E-state index >= 15 is 0 Å². The summed E-state index contributed by atoms with van der Waals surface area (Å²) in [4.78, 5) is 19.5. The molecule has 1 amide bonds. The molecule has 1 aliphatic rings. The maximum atomic E-state index is 12.8. The predicted molar refractivity (Wildman–Crippen MR) is 100 cm³/mol. The molecule has 0 N–H and O–H groups in total. The molecule has 1 saturated heterocycles. The molecular weight excluding hydrogens is 332 g/mol. The van der Waals surface area contributed by atoms with Crippen LogP contribution in [0.4, 0.5) is 0 Å². The number of carbonyl (C=O) groups is 1. The smallest absolute Gasteiger partial charge is 0.235 e. The van der Waals surface area contributed by atoms with Crippen molar-refractivity contribution in [1.82, 2.24) is 14.5 Å². The summed E-state index contributed by atoms with van der Waals surface area (Å²) in [7, 11) is 0. The van der Waals surface area contributed by atoms with Crippen LogP contribution in [0.3, 0.4) is 0 Å². The molecule has 5 nitrogen and oxygen atoms in total. The van der Waals surface area contributed by atoms with E-state index in [4.69, 9.17) is 10.2 Å². The molecule has 132 valence electrons. The van der Waals surface area contributed by atoms with Gasteiger partial charge < -0.3 is 9.47 Å². The second kappa shape index (κ2) is 8.39. The van der Waals surface area contributed by atoms with Crippen LogP contribution in [0.15, 0.2) is 29.4 Å². The number of likely N-dealkylation sites (tertiary alicyclic amines) is 1. The minimum absolute atomic E-state index is 0.171. The molecule has 1 aliphatic heterocycles. The lowest BCUT2D eigenvalue weighted by molar-refractivity contribution is -0.130. The number of benzene rings is 1. The fraction of sp³-hybridized carbons (Fsp3) is 0.526. The third-order valence-corrected chi connectivity index (χ3v) is 5.69. The third-order valence-electron chi connectivity index (χ3n) is 4.61. The third kappa shape index (κ3) is 4.16. The van der Waals surface area contributed by atoms with Gasteiger partial charge in [-0.25, -0.2) is 4.98 Å². The minimum atomic E-state index is -0.171. The zero-order valence-corrected chi connectivity index (χ0v) is 15.5. The fourth-order valence-electron chi connectivity index (χ4n) is 3.28. The summed E-state index contributed by atoms with van der Waals surface area (Å²) in [5.41, 5.74) is 1.94. The SMILES string of the molecule is C[C@H](Sc1nc2ccccc2n1CCC#N)C(=O)N1CCCCCC1. The van der Waals surface area contributed by atoms with Crippen molar-refractivity contribution in [2.75, 3.05) is 13.1 Å². The Balaban J connectivity index is 1.79. The lowest BCUT2D eigenvalue weighted by atomic mass is 10.2. The number of aromatic nitrogens is 2. The van der Waals surface area contributed by atoms with Gasteiger partial charge in [0.05, 0.1) is 28.8 Å². The summed E-state index contributed by atoms with van der Waals surface area (Å²) < 4.78 is 2.06. The number of para-hydroxylation sites is 2. The molecule has 0 saturated carbocycles. The molecule has 1 atom stereocenters. The number of aryl methyl sites for hydroxylation is 1. The molecule has 0 radical (unpaired) electrons. The Labute approximate surface area is 153 Å². The van der Waals surface area contributed by atoms with Crippen LogP contribution >= 0.6 is 11.8 Å². The van der Waals surface area contributed by atoms with Crippen molar-refractivity contribution in [1.29, 1.82) is 5.26 Å². The Morgan fingerprint density at radius 1 is 1.28 bits per heavy atom.